The third-order valence-corrected chi connectivity index (χ3v) is 6.05. The molecule has 1 aliphatic heterocycles. The van der Waals surface area contributed by atoms with Gasteiger partial charge in [-0.1, -0.05) is 19.8 Å². The summed E-state index contributed by atoms with van der Waals surface area (Å²) in [6.07, 6.45) is 5.24. The van der Waals surface area contributed by atoms with Crippen LogP contribution in [0.2, 0.25) is 0 Å². The van der Waals surface area contributed by atoms with E-state index in [-0.39, 0.29) is 22.7 Å². The fourth-order valence-corrected chi connectivity index (χ4v) is 4.44. The van der Waals surface area contributed by atoms with Gasteiger partial charge in [0.05, 0.1) is 19.0 Å². The van der Waals surface area contributed by atoms with Crippen molar-refractivity contribution in [3.05, 3.63) is 0 Å². The Balaban J connectivity index is 2.47. The van der Waals surface area contributed by atoms with Crippen LogP contribution in [-0.4, -0.2) is 48.7 Å². The lowest BCUT2D eigenvalue weighted by molar-refractivity contribution is -0.120. The maximum absolute atomic E-state index is 12.1. The standard InChI is InChI=1S/C15H28O5S2/c1-2-3-4-7-14(16)11-13(6-5-10-22(17,18)19)15-12-20-8-9-21-15/h13,15H,2-12H2,1H3,(H,17,18,19). The largest absolute Gasteiger partial charge is 0.379 e. The Bertz CT molecular complexity index is 416. The number of thioether (sulfide) groups is 1. The van der Waals surface area contributed by atoms with Gasteiger partial charge in [-0.2, -0.15) is 20.2 Å². The molecule has 0 aromatic carbocycles. The van der Waals surface area contributed by atoms with Crippen molar-refractivity contribution in [1.82, 2.24) is 0 Å². The first kappa shape index (κ1) is 19.9. The highest BCUT2D eigenvalue weighted by Gasteiger charge is 2.26. The zero-order valence-corrected chi connectivity index (χ0v) is 15.0. The van der Waals surface area contributed by atoms with Gasteiger partial charge in [0.15, 0.2) is 0 Å². The Labute approximate surface area is 138 Å². The fourth-order valence-electron chi connectivity index (χ4n) is 2.69. The summed E-state index contributed by atoms with van der Waals surface area (Å²) in [7, 11) is -3.92. The lowest BCUT2D eigenvalue weighted by atomic mass is 9.92. The second kappa shape index (κ2) is 10.6. The van der Waals surface area contributed by atoms with Crippen molar-refractivity contribution in [3.8, 4) is 0 Å². The van der Waals surface area contributed by atoms with E-state index in [9.17, 15) is 13.2 Å². The SMILES string of the molecule is CCCCCC(=O)CC(CCCS(=O)(=O)O)C1COCCS1. The minimum atomic E-state index is -3.92. The Morgan fingerprint density at radius 1 is 1.36 bits per heavy atom. The second-order valence-corrected chi connectivity index (χ2v) is 8.79. The molecule has 0 bridgehead atoms. The van der Waals surface area contributed by atoms with E-state index in [4.69, 9.17) is 9.29 Å². The van der Waals surface area contributed by atoms with Gasteiger partial charge in [-0.25, -0.2) is 0 Å². The monoisotopic (exact) mass is 352 g/mol. The number of rotatable bonds is 11. The molecule has 5 nitrogen and oxygen atoms in total. The molecule has 2 atom stereocenters. The van der Waals surface area contributed by atoms with E-state index in [0.29, 0.717) is 32.3 Å². The lowest BCUT2D eigenvalue weighted by Gasteiger charge is -2.29. The molecule has 0 aromatic heterocycles. The average Bonchev–Trinajstić information content (AvgIpc) is 2.46. The zero-order valence-electron chi connectivity index (χ0n) is 13.3. The maximum Gasteiger partial charge on any atom is 0.264 e. The van der Waals surface area contributed by atoms with Gasteiger partial charge in [-0.05, 0) is 25.2 Å². The van der Waals surface area contributed by atoms with Crippen molar-refractivity contribution in [2.75, 3.05) is 24.7 Å². The van der Waals surface area contributed by atoms with Crippen molar-refractivity contribution < 1.29 is 22.5 Å². The number of unbranched alkanes of at least 4 members (excludes halogenated alkanes) is 2. The van der Waals surface area contributed by atoms with Gasteiger partial charge in [0.2, 0.25) is 0 Å². The van der Waals surface area contributed by atoms with Crippen LogP contribution in [0.25, 0.3) is 0 Å². The topological polar surface area (TPSA) is 80.7 Å². The van der Waals surface area contributed by atoms with Crippen LogP contribution < -0.4 is 0 Å². The summed E-state index contributed by atoms with van der Waals surface area (Å²) < 4.78 is 36.0. The molecule has 1 N–H and O–H groups in total. The first-order valence-corrected chi connectivity index (χ1v) is 10.7. The molecule has 1 heterocycles. The molecular formula is C15H28O5S2. The van der Waals surface area contributed by atoms with E-state index in [1.54, 1.807) is 0 Å². The van der Waals surface area contributed by atoms with E-state index in [1.165, 1.54) is 0 Å². The van der Waals surface area contributed by atoms with Crippen LogP contribution in [0.15, 0.2) is 0 Å². The molecular weight excluding hydrogens is 324 g/mol. The number of hydrogen-bond acceptors (Lipinski definition) is 5. The van der Waals surface area contributed by atoms with Crippen molar-refractivity contribution in [2.24, 2.45) is 5.92 Å². The highest BCUT2D eigenvalue weighted by Crippen LogP contribution is 2.30. The maximum atomic E-state index is 12.1. The van der Waals surface area contributed by atoms with Gasteiger partial charge >= 0.3 is 0 Å². The Morgan fingerprint density at radius 2 is 2.14 bits per heavy atom. The number of carbonyl (C=O) groups excluding carboxylic acids is 1. The normalized spacial score (nSPS) is 20.7. The zero-order chi connectivity index (χ0) is 16.4. The number of carbonyl (C=O) groups is 1. The van der Waals surface area contributed by atoms with Gasteiger partial charge in [0, 0.05) is 23.8 Å². The summed E-state index contributed by atoms with van der Waals surface area (Å²) in [6, 6.07) is 0. The highest BCUT2D eigenvalue weighted by molar-refractivity contribution is 8.00. The van der Waals surface area contributed by atoms with Crippen molar-refractivity contribution in [3.63, 3.8) is 0 Å². The third kappa shape index (κ3) is 9.12. The molecule has 130 valence electrons. The molecule has 0 aromatic rings. The van der Waals surface area contributed by atoms with Crippen LogP contribution in [-0.2, 0) is 19.6 Å². The quantitative estimate of drug-likeness (QED) is 0.455. The summed E-state index contributed by atoms with van der Waals surface area (Å²) in [6.45, 7) is 3.48. The predicted octanol–water partition coefficient (Wildman–Crippen LogP) is 2.94. The summed E-state index contributed by atoms with van der Waals surface area (Å²) in [5, 5.41) is 0.255. The van der Waals surface area contributed by atoms with E-state index in [0.717, 1.165) is 31.6 Å². The molecule has 1 fully saturated rings. The smallest absolute Gasteiger partial charge is 0.264 e. The summed E-state index contributed by atoms with van der Waals surface area (Å²) >= 11 is 1.81. The molecule has 1 saturated heterocycles. The Morgan fingerprint density at radius 3 is 2.73 bits per heavy atom. The number of Topliss-reactive ketones (excluding diaryl/α,β-unsaturated/α-hetero) is 1. The minimum absolute atomic E-state index is 0.140. The van der Waals surface area contributed by atoms with Crippen LogP contribution in [0.4, 0.5) is 0 Å². The highest BCUT2D eigenvalue weighted by atomic mass is 32.2. The molecule has 0 saturated carbocycles. The second-order valence-electron chi connectivity index (χ2n) is 5.87. The minimum Gasteiger partial charge on any atom is -0.379 e. The molecule has 0 amide bonds. The van der Waals surface area contributed by atoms with Gasteiger partial charge in [0.1, 0.15) is 5.78 Å². The van der Waals surface area contributed by atoms with E-state index < -0.39 is 10.1 Å². The molecule has 1 rings (SSSR count). The Hall–Kier alpha value is -0.110. The van der Waals surface area contributed by atoms with Crippen LogP contribution >= 0.6 is 11.8 Å². The molecule has 7 heteroatoms. The molecule has 0 aliphatic carbocycles. The molecule has 0 radical (unpaired) electrons. The summed E-state index contributed by atoms with van der Waals surface area (Å²) in [5.41, 5.74) is 0. The third-order valence-electron chi connectivity index (χ3n) is 3.89. The molecule has 0 spiro atoms. The summed E-state index contributed by atoms with van der Waals surface area (Å²) in [4.78, 5) is 12.1. The number of ketones is 1. The van der Waals surface area contributed by atoms with Crippen LogP contribution in [0.5, 0.6) is 0 Å². The van der Waals surface area contributed by atoms with Crippen LogP contribution in [0, 0.1) is 5.92 Å². The van der Waals surface area contributed by atoms with Crippen molar-refractivity contribution in [2.45, 2.75) is 57.1 Å². The number of hydrogen-bond donors (Lipinski definition) is 1. The fraction of sp³-hybridized carbons (Fsp3) is 0.933. The van der Waals surface area contributed by atoms with Crippen LogP contribution in [0.3, 0.4) is 0 Å². The first-order chi connectivity index (χ1) is 10.4. The van der Waals surface area contributed by atoms with Crippen molar-refractivity contribution in [1.29, 1.82) is 0 Å². The van der Waals surface area contributed by atoms with Crippen molar-refractivity contribution >= 4 is 27.7 Å². The molecule has 2 unspecified atom stereocenters. The summed E-state index contributed by atoms with van der Waals surface area (Å²) in [5.74, 6) is 1.09. The van der Waals surface area contributed by atoms with E-state index in [1.807, 2.05) is 11.8 Å². The van der Waals surface area contributed by atoms with Crippen LogP contribution in [0.1, 0.15) is 51.9 Å². The van der Waals surface area contributed by atoms with E-state index in [2.05, 4.69) is 6.92 Å². The molecule has 1 aliphatic rings. The lowest BCUT2D eigenvalue weighted by Crippen LogP contribution is -2.30. The Kier molecular flexibility index (Phi) is 9.63. The van der Waals surface area contributed by atoms with Gasteiger partial charge < -0.3 is 4.74 Å². The van der Waals surface area contributed by atoms with E-state index >= 15 is 0 Å². The first-order valence-electron chi connectivity index (χ1n) is 8.08. The molecule has 22 heavy (non-hydrogen) atoms. The predicted molar refractivity (Wildman–Crippen MR) is 90.0 cm³/mol. The average molecular weight is 353 g/mol. The van der Waals surface area contributed by atoms with Gasteiger partial charge in [0.25, 0.3) is 10.1 Å². The van der Waals surface area contributed by atoms with Gasteiger partial charge in [-0.3, -0.25) is 9.35 Å². The van der Waals surface area contributed by atoms with Gasteiger partial charge in [-0.15, -0.1) is 0 Å². The number of ether oxygens (including phenoxy) is 1.